The predicted octanol–water partition coefficient (Wildman–Crippen LogP) is 8.44. The molecule has 1 rings (SSSR count). The molecule has 0 heterocycles. The third-order valence-electron chi connectivity index (χ3n) is 6.06. The van der Waals surface area contributed by atoms with Gasteiger partial charge in [-0.2, -0.15) is 0 Å². The zero-order chi connectivity index (χ0) is 22.9. The molecule has 0 bridgehead atoms. The molecule has 0 aromatic carbocycles. The van der Waals surface area contributed by atoms with Gasteiger partial charge in [0.05, 0.1) is 0 Å². The van der Waals surface area contributed by atoms with Gasteiger partial charge in [0.15, 0.2) is 0 Å². The van der Waals surface area contributed by atoms with Gasteiger partial charge in [-0.05, 0) is 98.0 Å². The molecule has 0 aromatic heterocycles. The second kappa shape index (κ2) is 16.9. The molecule has 1 fully saturated rings. The molecule has 3 nitrogen and oxygen atoms in total. The molecular formula is C28H47NO2. The molecule has 1 amide bonds. The van der Waals surface area contributed by atoms with Crippen LogP contribution in [-0.4, -0.2) is 19.2 Å². The summed E-state index contributed by atoms with van der Waals surface area (Å²) >= 11 is 0. The van der Waals surface area contributed by atoms with Crippen molar-refractivity contribution in [1.82, 2.24) is 5.32 Å². The van der Waals surface area contributed by atoms with Crippen LogP contribution >= 0.6 is 0 Å². The minimum absolute atomic E-state index is 0.283. The molecule has 31 heavy (non-hydrogen) atoms. The Hall–Kier alpha value is -1.77. The summed E-state index contributed by atoms with van der Waals surface area (Å²) in [6, 6.07) is 0. The Morgan fingerprint density at radius 2 is 1.29 bits per heavy atom. The van der Waals surface area contributed by atoms with E-state index in [1.807, 2.05) is 6.08 Å². The maximum Gasteiger partial charge on any atom is 0.407 e. The highest BCUT2D eigenvalue weighted by atomic mass is 16.5. The number of amides is 1. The van der Waals surface area contributed by atoms with Gasteiger partial charge >= 0.3 is 6.09 Å². The molecule has 0 aromatic rings. The Kier molecular flexibility index (Phi) is 14.8. The first-order valence-corrected chi connectivity index (χ1v) is 12.4. The Balaban J connectivity index is 2.14. The highest BCUT2D eigenvalue weighted by Crippen LogP contribution is 2.22. The minimum Gasteiger partial charge on any atom is -0.445 e. The van der Waals surface area contributed by atoms with E-state index >= 15 is 0 Å². The number of alkyl carbamates (subject to hydrolysis) is 1. The summed E-state index contributed by atoms with van der Waals surface area (Å²) in [5.41, 5.74) is 5.63. The Labute approximate surface area is 192 Å². The Morgan fingerprint density at radius 1 is 0.774 bits per heavy atom. The quantitative estimate of drug-likeness (QED) is 0.298. The fraction of sp³-hybridized carbons (Fsp3) is 0.679. The van der Waals surface area contributed by atoms with E-state index in [4.69, 9.17) is 4.74 Å². The maximum absolute atomic E-state index is 11.8. The average Bonchev–Trinajstić information content (AvgIpc) is 2.72. The number of allylic oxidation sites excluding steroid dienone is 7. The molecule has 0 atom stereocenters. The van der Waals surface area contributed by atoms with Gasteiger partial charge in [-0.1, -0.05) is 59.8 Å². The SMILES string of the molecule is CC(C)=CCCC(C)=CCCC(C)=CCCC(C)=CCOC(=O)NCC1CCCCC1. The average molecular weight is 430 g/mol. The van der Waals surface area contributed by atoms with Crippen molar-refractivity contribution in [3.8, 4) is 0 Å². The van der Waals surface area contributed by atoms with E-state index < -0.39 is 0 Å². The summed E-state index contributed by atoms with van der Waals surface area (Å²) in [4.78, 5) is 11.8. The number of rotatable bonds is 13. The number of carbonyl (C=O) groups is 1. The van der Waals surface area contributed by atoms with Crippen molar-refractivity contribution in [2.45, 2.75) is 105 Å². The van der Waals surface area contributed by atoms with Gasteiger partial charge in [0, 0.05) is 6.54 Å². The minimum atomic E-state index is -0.283. The molecule has 3 heteroatoms. The van der Waals surface area contributed by atoms with Gasteiger partial charge < -0.3 is 10.1 Å². The molecule has 0 unspecified atom stereocenters. The van der Waals surface area contributed by atoms with Crippen molar-refractivity contribution >= 4 is 6.09 Å². The van der Waals surface area contributed by atoms with Crippen molar-refractivity contribution in [3.63, 3.8) is 0 Å². The van der Waals surface area contributed by atoms with Crippen molar-refractivity contribution < 1.29 is 9.53 Å². The Morgan fingerprint density at radius 3 is 1.84 bits per heavy atom. The summed E-state index contributed by atoms with van der Waals surface area (Å²) < 4.78 is 5.30. The topological polar surface area (TPSA) is 38.3 Å². The zero-order valence-electron chi connectivity index (χ0n) is 20.9. The van der Waals surface area contributed by atoms with E-state index in [0.29, 0.717) is 12.5 Å². The van der Waals surface area contributed by atoms with Gasteiger partial charge in [0.1, 0.15) is 6.61 Å². The van der Waals surface area contributed by atoms with Crippen molar-refractivity contribution in [2.24, 2.45) is 5.92 Å². The number of carbonyl (C=O) groups excluding carboxylic acids is 1. The van der Waals surface area contributed by atoms with E-state index in [0.717, 1.165) is 38.6 Å². The smallest absolute Gasteiger partial charge is 0.407 e. The van der Waals surface area contributed by atoms with Crippen LogP contribution in [0.4, 0.5) is 4.79 Å². The van der Waals surface area contributed by atoms with E-state index in [1.54, 1.807) is 0 Å². The van der Waals surface area contributed by atoms with E-state index in [-0.39, 0.29) is 6.09 Å². The van der Waals surface area contributed by atoms with Crippen LogP contribution in [0.1, 0.15) is 105 Å². The van der Waals surface area contributed by atoms with Crippen molar-refractivity contribution in [1.29, 1.82) is 0 Å². The largest absolute Gasteiger partial charge is 0.445 e. The van der Waals surface area contributed by atoms with Crippen LogP contribution < -0.4 is 5.32 Å². The van der Waals surface area contributed by atoms with E-state index in [2.05, 4.69) is 58.2 Å². The van der Waals surface area contributed by atoms with Gasteiger partial charge in [0.25, 0.3) is 0 Å². The number of ether oxygens (including phenoxy) is 1. The van der Waals surface area contributed by atoms with Gasteiger partial charge in [0.2, 0.25) is 0 Å². The van der Waals surface area contributed by atoms with Gasteiger partial charge in [-0.25, -0.2) is 4.79 Å². The lowest BCUT2D eigenvalue weighted by atomic mass is 9.89. The third-order valence-corrected chi connectivity index (χ3v) is 6.06. The summed E-state index contributed by atoms with van der Waals surface area (Å²) in [6.07, 6.45) is 21.8. The standard InChI is InChI=1S/C28H47NO2/c1-23(2)12-9-13-24(3)14-10-15-25(4)16-11-17-26(5)20-21-31-28(30)29-22-27-18-7-6-8-19-27/h12,14,16,20,27H,6-11,13,15,17-19,21-22H2,1-5H3,(H,29,30). The molecule has 0 spiro atoms. The van der Waals surface area contributed by atoms with E-state index in [9.17, 15) is 4.79 Å². The van der Waals surface area contributed by atoms with Crippen LogP contribution in [0.3, 0.4) is 0 Å². The summed E-state index contributed by atoms with van der Waals surface area (Å²) in [5, 5.41) is 2.92. The summed E-state index contributed by atoms with van der Waals surface area (Å²) in [6.45, 7) is 12.0. The lowest BCUT2D eigenvalue weighted by Crippen LogP contribution is -2.30. The predicted molar refractivity (Wildman–Crippen MR) is 134 cm³/mol. The van der Waals surface area contributed by atoms with E-state index in [1.165, 1.54) is 60.8 Å². The van der Waals surface area contributed by atoms with Crippen LogP contribution in [0.15, 0.2) is 46.6 Å². The van der Waals surface area contributed by atoms with Crippen LogP contribution in [0.2, 0.25) is 0 Å². The molecule has 1 aliphatic rings. The number of hydrogen-bond donors (Lipinski definition) is 1. The van der Waals surface area contributed by atoms with Crippen LogP contribution in [-0.2, 0) is 4.74 Å². The lowest BCUT2D eigenvalue weighted by molar-refractivity contribution is 0.155. The maximum atomic E-state index is 11.8. The lowest BCUT2D eigenvalue weighted by Gasteiger charge is -2.21. The van der Waals surface area contributed by atoms with Crippen molar-refractivity contribution in [2.75, 3.05) is 13.2 Å². The van der Waals surface area contributed by atoms with Crippen LogP contribution in [0.5, 0.6) is 0 Å². The monoisotopic (exact) mass is 429 g/mol. The zero-order valence-corrected chi connectivity index (χ0v) is 20.9. The number of nitrogens with one attached hydrogen (secondary N) is 1. The number of hydrogen-bond acceptors (Lipinski definition) is 2. The van der Waals surface area contributed by atoms with Crippen LogP contribution in [0, 0.1) is 5.92 Å². The summed E-state index contributed by atoms with van der Waals surface area (Å²) in [5.74, 6) is 0.635. The fourth-order valence-corrected chi connectivity index (χ4v) is 3.92. The second-order valence-electron chi connectivity index (χ2n) is 9.53. The fourth-order valence-electron chi connectivity index (χ4n) is 3.92. The van der Waals surface area contributed by atoms with Gasteiger partial charge in [-0.3, -0.25) is 0 Å². The highest BCUT2D eigenvalue weighted by molar-refractivity contribution is 5.67. The molecule has 0 aliphatic heterocycles. The van der Waals surface area contributed by atoms with Crippen molar-refractivity contribution in [3.05, 3.63) is 46.6 Å². The molecule has 1 saturated carbocycles. The normalized spacial score (nSPS) is 16.2. The molecule has 0 saturated heterocycles. The molecule has 0 radical (unpaired) electrons. The first-order chi connectivity index (χ1) is 14.9. The first kappa shape index (κ1) is 27.3. The van der Waals surface area contributed by atoms with Crippen LogP contribution in [0.25, 0.3) is 0 Å². The highest BCUT2D eigenvalue weighted by Gasteiger charge is 2.14. The molecular weight excluding hydrogens is 382 g/mol. The molecule has 1 aliphatic carbocycles. The Bertz CT molecular complexity index is 629. The first-order valence-electron chi connectivity index (χ1n) is 12.4. The summed E-state index contributed by atoms with van der Waals surface area (Å²) in [7, 11) is 0. The molecule has 176 valence electrons. The molecule has 1 N–H and O–H groups in total. The second-order valence-corrected chi connectivity index (χ2v) is 9.53. The van der Waals surface area contributed by atoms with Gasteiger partial charge in [-0.15, -0.1) is 0 Å². The third kappa shape index (κ3) is 15.6.